The Morgan fingerprint density at radius 1 is 0.921 bits per heavy atom. The Kier molecular flexibility index (Phi) is 7.01. The number of rotatable bonds is 7. The van der Waals surface area contributed by atoms with E-state index in [-0.39, 0.29) is 18.7 Å². The summed E-state index contributed by atoms with van der Waals surface area (Å²) >= 11 is 0. The Balaban J connectivity index is 1.52. The summed E-state index contributed by atoms with van der Waals surface area (Å²) in [6.45, 7) is 4.02. The minimum atomic E-state index is -0.693. The van der Waals surface area contributed by atoms with Gasteiger partial charge in [-0.05, 0) is 78.9 Å². The summed E-state index contributed by atoms with van der Waals surface area (Å²) in [7, 11) is 0. The monoisotopic (exact) mass is 513 g/mol. The molecule has 5 aromatic rings. The number of hydrogen-bond acceptors (Lipinski definition) is 2. The average Bonchev–Trinajstić information content (AvgIpc) is 3.24. The zero-order valence-corrected chi connectivity index (χ0v) is 21.0. The van der Waals surface area contributed by atoms with Crippen molar-refractivity contribution in [2.75, 3.05) is 0 Å². The molecule has 4 nitrogen and oxygen atoms in total. The summed E-state index contributed by atoms with van der Waals surface area (Å²) in [5, 5.41) is 3.65. The highest BCUT2D eigenvalue weighted by Crippen LogP contribution is 2.32. The van der Waals surface area contributed by atoms with Crippen LogP contribution in [0, 0.1) is 31.3 Å². The number of H-pyrrole nitrogens is 1. The number of aryl methyl sites for hydroxylation is 2. The molecule has 0 aliphatic carbocycles. The molecule has 0 spiro atoms. The number of nitrogens with zero attached hydrogens (tertiary/aromatic N) is 1. The first-order valence-corrected chi connectivity index (χ1v) is 12.3. The molecule has 2 aromatic heterocycles. The zero-order valence-electron chi connectivity index (χ0n) is 21.0. The third-order valence-corrected chi connectivity index (χ3v) is 6.62. The Bertz CT molecular complexity index is 1620. The van der Waals surface area contributed by atoms with Crippen LogP contribution in [0.5, 0.6) is 0 Å². The maximum absolute atomic E-state index is 14.0. The second kappa shape index (κ2) is 10.5. The molecule has 0 saturated carbocycles. The van der Waals surface area contributed by atoms with Crippen molar-refractivity contribution in [1.29, 1.82) is 0 Å². The number of aromatic amines is 1. The first kappa shape index (κ1) is 25.3. The topological polar surface area (TPSA) is 57.8 Å². The van der Waals surface area contributed by atoms with Gasteiger partial charge < -0.3 is 10.3 Å². The molecule has 1 unspecified atom stereocenters. The molecule has 0 aliphatic rings. The number of nitrogens with one attached hydrogen (secondary N) is 2. The molecule has 192 valence electrons. The molecule has 2 N–H and O–H groups in total. The van der Waals surface area contributed by atoms with Crippen LogP contribution in [0.15, 0.2) is 79.1 Å². The van der Waals surface area contributed by atoms with Gasteiger partial charge >= 0.3 is 0 Å². The van der Waals surface area contributed by atoms with Gasteiger partial charge in [-0.1, -0.05) is 29.8 Å². The zero-order chi connectivity index (χ0) is 26.8. The molecule has 0 radical (unpaired) electrons. The van der Waals surface area contributed by atoms with Crippen LogP contribution >= 0.6 is 0 Å². The minimum absolute atomic E-state index is 0.0107. The van der Waals surface area contributed by atoms with Gasteiger partial charge in [-0.3, -0.25) is 9.78 Å². The third-order valence-electron chi connectivity index (χ3n) is 6.62. The van der Waals surface area contributed by atoms with Gasteiger partial charge in [0.05, 0.1) is 18.2 Å². The number of carbonyl (C=O) groups excluding carboxylic acids is 1. The van der Waals surface area contributed by atoms with E-state index < -0.39 is 23.5 Å². The highest BCUT2D eigenvalue weighted by Gasteiger charge is 2.23. The largest absolute Gasteiger partial charge is 0.361 e. The van der Waals surface area contributed by atoms with Crippen molar-refractivity contribution in [3.63, 3.8) is 0 Å². The minimum Gasteiger partial charge on any atom is -0.361 e. The number of pyridine rings is 1. The summed E-state index contributed by atoms with van der Waals surface area (Å²) in [6.07, 6.45) is 3.43. The highest BCUT2D eigenvalue weighted by atomic mass is 19.1. The number of hydrogen-bond donors (Lipinski definition) is 2. The third kappa shape index (κ3) is 5.47. The average molecular weight is 514 g/mol. The first-order chi connectivity index (χ1) is 18.3. The van der Waals surface area contributed by atoms with E-state index in [2.05, 4.69) is 21.4 Å². The smallest absolute Gasteiger partial charge is 0.225 e. The number of halogens is 3. The van der Waals surface area contributed by atoms with Crippen LogP contribution in [0.1, 0.15) is 34.0 Å². The number of carbonyl (C=O) groups is 1. The quantitative estimate of drug-likeness (QED) is 0.249. The first-order valence-electron chi connectivity index (χ1n) is 12.3. The fourth-order valence-electron chi connectivity index (χ4n) is 4.93. The second-order valence-corrected chi connectivity index (χ2v) is 9.54. The standard InChI is InChI=1S/C31H26F3N3O/c1-18-5-7-25(19(2)10-18)26-4-3-9-35-31(26)29(13-20-11-23(33)15-24(34)12-20)37-30(38)14-21-17-36-28-8-6-22(32)16-27(21)28/h3-12,15-17,29,36H,13-14H2,1-2H3,(H,37,38). The van der Waals surface area contributed by atoms with Crippen LogP contribution < -0.4 is 5.32 Å². The molecule has 0 fully saturated rings. The summed E-state index contributed by atoms with van der Waals surface area (Å²) in [5.41, 5.74) is 6.28. The van der Waals surface area contributed by atoms with E-state index >= 15 is 0 Å². The van der Waals surface area contributed by atoms with E-state index in [1.54, 1.807) is 18.5 Å². The summed E-state index contributed by atoms with van der Waals surface area (Å²) in [4.78, 5) is 21.0. The fourth-order valence-corrected chi connectivity index (χ4v) is 4.93. The van der Waals surface area contributed by atoms with Crippen LogP contribution in [-0.2, 0) is 17.6 Å². The van der Waals surface area contributed by atoms with Gasteiger partial charge in [-0.2, -0.15) is 0 Å². The van der Waals surface area contributed by atoms with Gasteiger partial charge in [-0.15, -0.1) is 0 Å². The van der Waals surface area contributed by atoms with Gasteiger partial charge in [0.2, 0.25) is 5.91 Å². The van der Waals surface area contributed by atoms with E-state index in [9.17, 15) is 18.0 Å². The predicted octanol–water partition coefficient (Wildman–Crippen LogP) is 6.91. The van der Waals surface area contributed by atoms with Crippen LogP contribution in [0.4, 0.5) is 13.2 Å². The predicted molar refractivity (Wildman–Crippen MR) is 142 cm³/mol. The van der Waals surface area contributed by atoms with E-state index in [4.69, 9.17) is 0 Å². The Morgan fingerprint density at radius 2 is 1.71 bits per heavy atom. The van der Waals surface area contributed by atoms with E-state index in [0.29, 0.717) is 22.2 Å². The summed E-state index contributed by atoms with van der Waals surface area (Å²) in [5.74, 6) is -2.10. The normalized spacial score (nSPS) is 12.0. The lowest BCUT2D eigenvalue weighted by Crippen LogP contribution is -2.32. The molecule has 1 amide bonds. The maximum Gasteiger partial charge on any atom is 0.225 e. The van der Waals surface area contributed by atoms with Crippen molar-refractivity contribution in [1.82, 2.24) is 15.3 Å². The van der Waals surface area contributed by atoms with Gasteiger partial charge in [0.15, 0.2) is 0 Å². The second-order valence-electron chi connectivity index (χ2n) is 9.54. The van der Waals surface area contributed by atoms with Crippen LogP contribution in [0.2, 0.25) is 0 Å². The molecule has 5 rings (SSSR count). The molecular formula is C31H26F3N3O. The Hall–Kier alpha value is -4.39. The lowest BCUT2D eigenvalue weighted by Gasteiger charge is -2.22. The lowest BCUT2D eigenvalue weighted by molar-refractivity contribution is -0.121. The number of amides is 1. The van der Waals surface area contributed by atoms with Crippen LogP contribution in [0.25, 0.3) is 22.0 Å². The maximum atomic E-state index is 14.0. The number of aromatic nitrogens is 2. The Labute approximate surface area is 218 Å². The van der Waals surface area contributed by atoms with Crippen LogP contribution in [0.3, 0.4) is 0 Å². The van der Waals surface area contributed by atoms with Crippen molar-refractivity contribution in [2.24, 2.45) is 0 Å². The van der Waals surface area contributed by atoms with Crippen molar-refractivity contribution in [2.45, 2.75) is 32.7 Å². The highest BCUT2D eigenvalue weighted by molar-refractivity contribution is 5.89. The molecule has 7 heteroatoms. The molecule has 3 aromatic carbocycles. The van der Waals surface area contributed by atoms with Crippen LogP contribution in [-0.4, -0.2) is 15.9 Å². The van der Waals surface area contributed by atoms with Gasteiger partial charge in [0.1, 0.15) is 17.5 Å². The molecule has 1 atom stereocenters. The SMILES string of the molecule is Cc1ccc(-c2cccnc2C(Cc2cc(F)cc(F)c2)NC(=O)Cc2c[nH]c3ccc(F)cc23)c(C)c1. The van der Waals surface area contributed by atoms with Crippen molar-refractivity contribution < 1.29 is 18.0 Å². The molecular weight excluding hydrogens is 487 g/mol. The molecule has 2 heterocycles. The molecule has 38 heavy (non-hydrogen) atoms. The van der Waals surface area contributed by atoms with Crippen molar-refractivity contribution >= 4 is 16.8 Å². The molecule has 0 aliphatic heterocycles. The fraction of sp³-hybridized carbons (Fsp3) is 0.161. The van der Waals surface area contributed by atoms with E-state index in [0.717, 1.165) is 33.8 Å². The van der Waals surface area contributed by atoms with Gasteiger partial charge in [-0.25, -0.2) is 13.2 Å². The lowest BCUT2D eigenvalue weighted by atomic mass is 9.92. The van der Waals surface area contributed by atoms with E-state index in [1.807, 2.05) is 38.1 Å². The Morgan fingerprint density at radius 3 is 2.47 bits per heavy atom. The summed E-state index contributed by atoms with van der Waals surface area (Å²) < 4.78 is 41.9. The van der Waals surface area contributed by atoms with E-state index in [1.165, 1.54) is 24.3 Å². The molecule has 0 bridgehead atoms. The van der Waals surface area contributed by atoms with Gasteiger partial charge in [0.25, 0.3) is 0 Å². The van der Waals surface area contributed by atoms with Gasteiger partial charge in [0, 0.05) is 34.9 Å². The van der Waals surface area contributed by atoms with Crippen molar-refractivity contribution in [3.05, 3.63) is 125 Å². The summed E-state index contributed by atoms with van der Waals surface area (Å²) in [6, 6.07) is 16.8. The van der Waals surface area contributed by atoms with Crippen molar-refractivity contribution in [3.8, 4) is 11.1 Å². The number of fused-ring (bicyclic) bond motifs is 1. The molecule has 0 saturated heterocycles. The number of benzene rings is 3.